The van der Waals surface area contributed by atoms with E-state index in [9.17, 15) is 9.59 Å². The third kappa shape index (κ3) is 3.48. The predicted octanol–water partition coefficient (Wildman–Crippen LogP) is 0.561. The van der Waals surface area contributed by atoms with Crippen molar-refractivity contribution < 1.29 is 9.59 Å². The number of carbonyl (C=O) groups is 2. The van der Waals surface area contributed by atoms with Gasteiger partial charge in [0, 0.05) is 6.54 Å². The zero-order chi connectivity index (χ0) is 12.0. The molecule has 86 valence electrons. The Morgan fingerprint density at radius 1 is 1.56 bits per heavy atom. The zero-order valence-electron chi connectivity index (χ0n) is 8.66. The molecule has 0 radical (unpaired) electrons. The van der Waals surface area contributed by atoms with Gasteiger partial charge in [0.1, 0.15) is 5.00 Å². The molecule has 6 heteroatoms. The van der Waals surface area contributed by atoms with Crippen LogP contribution in [0, 0.1) is 0 Å². The molecule has 1 aromatic heterocycles. The first-order valence-corrected chi connectivity index (χ1v) is 5.52. The summed E-state index contributed by atoms with van der Waals surface area (Å²) >= 11 is 1.26. The third-order valence-corrected chi connectivity index (χ3v) is 2.59. The second-order valence-electron chi connectivity index (χ2n) is 3.00. The number of carbonyl (C=O) groups excluding carboxylic acids is 2. The lowest BCUT2D eigenvalue weighted by Crippen LogP contribution is -2.28. The Bertz CT molecular complexity index is 401. The fourth-order valence-electron chi connectivity index (χ4n) is 1.06. The fourth-order valence-corrected chi connectivity index (χ4v) is 1.87. The Morgan fingerprint density at radius 2 is 2.31 bits per heavy atom. The van der Waals surface area contributed by atoms with E-state index in [0.717, 1.165) is 0 Å². The van der Waals surface area contributed by atoms with Gasteiger partial charge in [-0.25, -0.2) is 0 Å². The van der Waals surface area contributed by atoms with Crippen molar-refractivity contribution in [3.8, 4) is 0 Å². The molecule has 1 rings (SSSR count). The number of rotatable bonds is 6. The molecule has 0 saturated heterocycles. The highest BCUT2D eigenvalue weighted by atomic mass is 32.1. The molecule has 0 aliphatic rings. The number of amides is 2. The van der Waals surface area contributed by atoms with Gasteiger partial charge in [-0.05, 0) is 11.4 Å². The summed E-state index contributed by atoms with van der Waals surface area (Å²) in [5, 5.41) is 7.65. The monoisotopic (exact) mass is 239 g/mol. The summed E-state index contributed by atoms with van der Waals surface area (Å²) < 4.78 is 0. The highest BCUT2D eigenvalue weighted by Gasteiger charge is 2.11. The second-order valence-corrected chi connectivity index (χ2v) is 3.91. The van der Waals surface area contributed by atoms with Crippen molar-refractivity contribution >= 4 is 28.2 Å². The van der Waals surface area contributed by atoms with Crippen LogP contribution in [0.2, 0.25) is 0 Å². The van der Waals surface area contributed by atoms with E-state index in [-0.39, 0.29) is 12.5 Å². The van der Waals surface area contributed by atoms with Crippen LogP contribution in [0.15, 0.2) is 24.1 Å². The number of primary amides is 1. The molecule has 2 amide bonds. The van der Waals surface area contributed by atoms with Crippen LogP contribution < -0.4 is 16.4 Å². The van der Waals surface area contributed by atoms with Crippen molar-refractivity contribution in [2.45, 2.75) is 0 Å². The van der Waals surface area contributed by atoms with Gasteiger partial charge in [-0.1, -0.05) is 6.08 Å². The second kappa shape index (κ2) is 6.04. The molecule has 0 spiro atoms. The van der Waals surface area contributed by atoms with Crippen LogP contribution in [0.5, 0.6) is 0 Å². The molecule has 0 bridgehead atoms. The van der Waals surface area contributed by atoms with Gasteiger partial charge in [0.05, 0.1) is 12.1 Å². The van der Waals surface area contributed by atoms with E-state index in [1.807, 2.05) is 0 Å². The van der Waals surface area contributed by atoms with E-state index >= 15 is 0 Å². The van der Waals surface area contributed by atoms with E-state index in [0.29, 0.717) is 17.1 Å². The van der Waals surface area contributed by atoms with Crippen LogP contribution in [0.3, 0.4) is 0 Å². The van der Waals surface area contributed by atoms with Crippen LogP contribution >= 0.6 is 11.3 Å². The summed E-state index contributed by atoms with van der Waals surface area (Å²) in [5.41, 5.74) is 5.48. The molecule has 0 aromatic carbocycles. The number of nitrogens with two attached hydrogens (primary N) is 1. The Kier molecular flexibility index (Phi) is 4.68. The zero-order valence-corrected chi connectivity index (χ0v) is 9.47. The minimum absolute atomic E-state index is 0.169. The summed E-state index contributed by atoms with van der Waals surface area (Å²) in [6.45, 7) is 4.24. The van der Waals surface area contributed by atoms with Crippen molar-refractivity contribution in [1.29, 1.82) is 0 Å². The lowest BCUT2D eigenvalue weighted by atomic mass is 10.3. The topological polar surface area (TPSA) is 84.2 Å². The maximum atomic E-state index is 11.4. The average Bonchev–Trinajstić information content (AvgIpc) is 2.66. The van der Waals surface area contributed by atoms with Gasteiger partial charge < -0.3 is 16.4 Å². The minimum atomic E-state index is -0.546. The fraction of sp³-hybridized carbons (Fsp3) is 0.200. The Morgan fingerprint density at radius 3 is 2.94 bits per heavy atom. The van der Waals surface area contributed by atoms with E-state index in [2.05, 4.69) is 17.2 Å². The Hall–Kier alpha value is -1.66. The minimum Gasteiger partial charge on any atom is -0.366 e. The molecule has 4 N–H and O–H groups in total. The molecule has 0 atom stereocenters. The molecule has 1 aromatic rings. The van der Waals surface area contributed by atoms with E-state index in [1.165, 1.54) is 11.3 Å². The van der Waals surface area contributed by atoms with Gasteiger partial charge in [0.2, 0.25) is 5.91 Å². The molecule has 1 heterocycles. The SMILES string of the molecule is C=CCNCC(=O)Nc1sccc1C(N)=O. The van der Waals surface area contributed by atoms with Gasteiger partial charge in [0.25, 0.3) is 5.91 Å². The van der Waals surface area contributed by atoms with Crippen LogP contribution in [0.25, 0.3) is 0 Å². The quantitative estimate of drug-likeness (QED) is 0.501. The molecular formula is C10H13N3O2S. The van der Waals surface area contributed by atoms with Gasteiger partial charge in [-0.3, -0.25) is 9.59 Å². The summed E-state index contributed by atoms with van der Waals surface area (Å²) in [6, 6.07) is 1.58. The Balaban J connectivity index is 2.52. The molecule has 0 unspecified atom stereocenters. The molecule has 16 heavy (non-hydrogen) atoms. The lowest BCUT2D eigenvalue weighted by Gasteiger charge is -2.04. The molecule has 0 fully saturated rings. The summed E-state index contributed by atoms with van der Waals surface area (Å²) in [5.74, 6) is -0.762. The largest absolute Gasteiger partial charge is 0.366 e. The van der Waals surface area contributed by atoms with Crippen molar-refractivity contribution in [2.24, 2.45) is 5.73 Å². The maximum absolute atomic E-state index is 11.4. The van der Waals surface area contributed by atoms with Crippen LogP contribution in [0.1, 0.15) is 10.4 Å². The van der Waals surface area contributed by atoms with Crippen molar-refractivity contribution in [2.75, 3.05) is 18.4 Å². The summed E-state index contributed by atoms with van der Waals surface area (Å²) in [4.78, 5) is 22.4. The first-order chi connectivity index (χ1) is 7.65. The molecule has 0 aliphatic heterocycles. The van der Waals surface area contributed by atoms with Crippen LogP contribution in [-0.4, -0.2) is 24.9 Å². The highest BCUT2D eigenvalue weighted by molar-refractivity contribution is 7.14. The van der Waals surface area contributed by atoms with E-state index in [1.54, 1.807) is 17.5 Å². The first kappa shape index (κ1) is 12.4. The van der Waals surface area contributed by atoms with Gasteiger partial charge in [-0.15, -0.1) is 17.9 Å². The van der Waals surface area contributed by atoms with Gasteiger partial charge in [-0.2, -0.15) is 0 Å². The smallest absolute Gasteiger partial charge is 0.251 e. The predicted molar refractivity (Wildman–Crippen MR) is 64.5 cm³/mol. The van der Waals surface area contributed by atoms with E-state index in [4.69, 9.17) is 5.73 Å². The standard InChI is InChI=1S/C10H13N3O2S/c1-2-4-12-6-8(14)13-10-7(9(11)15)3-5-16-10/h2-3,5,12H,1,4,6H2,(H2,11,15)(H,13,14). The van der Waals surface area contributed by atoms with Crippen LogP contribution in [0.4, 0.5) is 5.00 Å². The first-order valence-electron chi connectivity index (χ1n) is 4.64. The number of hydrogen-bond acceptors (Lipinski definition) is 4. The van der Waals surface area contributed by atoms with Gasteiger partial charge in [0.15, 0.2) is 0 Å². The summed E-state index contributed by atoms with van der Waals surface area (Å²) in [6.07, 6.45) is 1.66. The number of thiophene rings is 1. The maximum Gasteiger partial charge on any atom is 0.251 e. The number of anilines is 1. The van der Waals surface area contributed by atoms with Crippen molar-refractivity contribution in [1.82, 2.24) is 5.32 Å². The molecule has 5 nitrogen and oxygen atoms in total. The van der Waals surface area contributed by atoms with E-state index < -0.39 is 5.91 Å². The highest BCUT2D eigenvalue weighted by Crippen LogP contribution is 2.22. The Labute approximate surface area is 97.3 Å². The van der Waals surface area contributed by atoms with Crippen molar-refractivity contribution in [3.63, 3.8) is 0 Å². The number of hydrogen-bond donors (Lipinski definition) is 3. The summed E-state index contributed by atoms with van der Waals surface area (Å²) in [7, 11) is 0. The number of nitrogens with one attached hydrogen (secondary N) is 2. The van der Waals surface area contributed by atoms with Gasteiger partial charge >= 0.3 is 0 Å². The normalized spacial score (nSPS) is 9.75. The molecule has 0 saturated carbocycles. The molecule has 0 aliphatic carbocycles. The lowest BCUT2D eigenvalue weighted by molar-refractivity contribution is -0.115. The van der Waals surface area contributed by atoms with Crippen LogP contribution in [-0.2, 0) is 4.79 Å². The third-order valence-electron chi connectivity index (χ3n) is 1.76. The molecular weight excluding hydrogens is 226 g/mol. The average molecular weight is 239 g/mol. The van der Waals surface area contributed by atoms with Crippen molar-refractivity contribution in [3.05, 3.63) is 29.7 Å².